The molecule has 1 aromatic rings. The highest BCUT2D eigenvalue weighted by atomic mass is 15.2. The second-order valence-corrected chi connectivity index (χ2v) is 5.25. The number of benzene rings is 1. The van der Waals surface area contributed by atoms with E-state index in [9.17, 15) is 0 Å². The summed E-state index contributed by atoms with van der Waals surface area (Å²) < 4.78 is 0. The Morgan fingerprint density at radius 1 is 1.22 bits per heavy atom. The van der Waals surface area contributed by atoms with Crippen molar-refractivity contribution in [3.05, 3.63) is 35.4 Å². The molecule has 0 amide bonds. The van der Waals surface area contributed by atoms with Gasteiger partial charge in [-0.3, -0.25) is 0 Å². The van der Waals surface area contributed by atoms with Crippen molar-refractivity contribution in [2.75, 3.05) is 32.7 Å². The molecular formula is C15H25N3. The van der Waals surface area contributed by atoms with Gasteiger partial charge in [-0.2, -0.15) is 0 Å². The fourth-order valence-electron chi connectivity index (χ4n) is 2.45. The molecule has 100 valence electrons. The summed E-state index contributed by atoms with van der Waals surface area (Å²) in [5, 5.41) is 3.38. The zero-order valence-electron chi connectivity index (χ0n) is 11.4. The maximum Gasteiger partial charge on any atom is 0.0295 e. The highest BCUT2D eigenvalue weighted by Crippen LogP contribution is 2.16. The second kappa shape index (κ2) is 6.88. The molecule has 0 saturated carbocycles. The summed E-state index contributed by atoms with van der Waals surface area (Å²) >= 11 is 0. The van der Waals surface area contributed by atoms with Crippen LogP contribution in [0.3, 0.4) is 0 Å². The Bertz CT molecular complexity index is 341. The third-order valence-electron chi connectivity index (χ3n) is 3.70. The lowest BCUT2D eigenvalue weighted by Gasteiger charge is -2.27. The van der Waals surface area contributed by atoms with Crippen LogP contribution in [0.1, 0.15) is 30.0 Å². The van der Waals surface area contributed by atoms with Gasteiger partial charge in [-0.05, 0) is 31.9 Å². The molecule has 0 radical (unpaired) electrons. The SMILES string of the molecule is Cc1ccc(C(N)CCCN2CCNCC2)cc1. The molecule has 18 heavy (non-hydrogen) atoms. The van der Waals surface area contributed by atoms with Crippen molar-refractivity contribution in [2.45, 2.75) is 25.8 Å². The summed E-state index contributed by atoms with van der Waals surface area (Å²) in [6, 6.07) is 8.79. The molecule has 0 aromatic heterocycles. The van der Waals surface area contributed by atoms with Crippen LogP contribution in [-0.2, 0) is 0 Å². The highest BCUT2D eigenvalue weighted by Gasteiger charge is 2.10. The van der Waals surface area contributed by atoms with E-state index in [1.807, 2.05) is 0 Å². The van der Waals surface area contributed by atoms with Crippen LogP contribution in [-0.4, -0.2) is 37.6 Å². The number of aryl methyl sites for hydroxylation is 1. The Hall–Kier alpha value is -0.900. The number of rotatable bonds is 5. The molecule has 0 aliphatic carbocycles. The van der Waals surface area contributed by atoms with Crippen LogP contribution < -0.4 is 11.1 Å². The van der Waals surface area contributed by atoms with Crippen LogP contribution in [0.15, 0.2) is 24.3 Å². The van der Waals surface area contributed by atoms with E-state index < -0.39 is 0 Å². The monoisotopic (exact) mass is 247 g/mol. The summed E-state index contributed by atoms with van der Waals surface area (Å²) in [6.45, 7) is 7.91. The second-order valence-electron chi connectivity index (χ2n) is 5.25. The van der Waals surface area contributed by atoms with Gasteiger partial charge in [0, 0.05) is 32.2 Å². The Morgan fingerprint density at radius 2 is 1.89 bits per heavy atom. The largest absolute Gasteiger partial charge is 0.324 e. The zero-order chi connectivity index (χ0) is 12.8. The van der Waals surface area contributed by atoms with E-state index in [-0.39, 0.29) is 6.04 Å². The maximum absolute atomic E-state index is 6.23. The van der Waals surface area contributed by atoms with E-state index in [1.54, 1.807) is 0 Å². The molecule has 3 nitrogen and oxygen atoms in total. The Morgan fingerprint density at radius 3 is 2.56 bits per heavy atom. The summed E-state index contributed by atoms with van der Waals surface area (Å²) in [5.74, 6) is 0. The number of hydrogen-bond donors (Lipinski definition) is 2. The molecule has 1 atom stereocenters. The quantitative estimate of drug-likeness (QED) is 0.832. The fourth-order valence-corrected chi connectivity index (χ4v) is 2.45. The van der Waals surface area contributed by atoms with E-state index >= 15 is 0 Å². The Balaban J connectivity index is 1.70. The molecule has 3 heteroatoms. The smallest absolute Gasteiger partial charge is 0.0295 e. The van der Waals surface area contributed by atoms with Crippen molar-refractivity contribution < 1.29 is 0 Å². The van der Waals surface area contributed by atoms with Gasteiger partial charge in [0.15, 0.2) is 0 Å². The summed E-state index contributed by atoms with van der Waals surface area (Å²) in [6.07, 6.45) is 2.27. The van der Waals surface area contributed by atoms with Gasteiger partial charge in [0.05, 0.1) is 0 Å². The summed E-state index contributed by atoms with van der Waals surface area (Å²) in [7, 11) is 0. The molecule has 3 N–H and O–H groups in total. The van der Waals surface area contributed by atoms with Gasteiger partial charge in [-0.15, -0.1) is 0 Å². The third kappa shape index (κ3) is 4.09. The minimum absolute atomic E-state index is 0.188. The van der Waals surface area contributed by atoms with Crippen LogP contribution in [0.4, 0.5) is 0 Å². The fraction of sp³-hybridized carbons (Fsp3) is 0.600. The van der Waals surface area contributed by atoms with Crippen molar-refractivity contribution in [1.29, 1.82) is 0 Å². The van der Waals surface area contributed by atoms with Crippen molar-refractivity contribution in [3.8, 4) is 0 Å². The van der Waals surface area contributed by atoms with E-state index in [0.29, 0.717) is 0 Å². The van der Waals surface area contributed by atoms with Gasteiger partial charge in [0.1, 0.15) is 0 Å². The summed E-state index contributed by atoms with van der Waals surface area (Å²) in [4.78, 5) is 2.53. The molecule has 1 aliphatic heterocycles. The average molecular weight is 247 g/mol. The molecule has 1 fully saturated rings. The number of nitrogens with two attached hydrogens (primary N) is 1. The maximum atomic E-state index is 6.23. The zero-order valence-corrected chi connectivity index (χ0v) is 11.4. The molecule has 0 spiro atoms. The lowest BCUT2D eigenvalue weighted by Crippen LogP contribution is -2.43. The Labute approximate surface area is 110 Å². The first-order valence-electron chi connectivity index (χ1n) is 7.01. The number of piperazine rings is 1. The van der Waals surface area contributed by atoms with Gasteiger partial charge in [-0.1, -0.05) is 29.8 Å². The lowest BCUT2D eigenvalue weighted by atomic mass is 10.0. The first-order valence-corrected chi connectivity index (χ1v) is 7.01. The lowest BCUT2D eigenvalue weighted by molar-refractivity contribution is 0.235. The molecular weight excluding hydrogens is 222 g/mol. The minimum atomic E-state index is 0.188. The number of nitrogens with zero attached hydrogens (tertiary/aromatic N) is 1. The molecule has 1 saturated heterocycles. The number of hydrogen-bond acceptors (Lipinski definition) is 3. The predicted octanol–water partition coefficient (Wildman–Crippen LogP) is 1.68. The van der Waals surface area contributed by atoms with Gasteiger partial charge in [0.25, 0.3) is 0 Å². The average Bonchev–Trinajstić information content (AvgIpc) is 2.40. The van der Waals surface area contributed by atoms with Gasteiger partial charge in [0.2, 0.25) is 0 Å². The molecule has 0 bridgehead atoms. The van der Waals surface area contributed by atoms with Gasteiger partial charge < -0.3 is 16.0 Å². The van der Waals surface area contributed by atoms with E-state index in [0.717, 1.165) is 19.5 Å². The summed E-state index contributed by atoms with van der Waals surface area (Å²) in [5.41, 5.74) is 8.79. The van der Waals surface area contributed by atoms with Crippen LogP contribution in [0.5, 0.6) is 0 Å². The standard InChI is InChI=1S/C15H25N3/c1-13-4-6-14(7-5-13)15(16)3-2-10-18-11-8-17-9-12-18/h4-7,15,17H,2-3,8-12,16H2,1H3. The normalized spacial score (nSPS) is 18.8. The van der Waals surface area contributed by atoms with Crippen molar-refractivity contribution in [3.63, 3.8) is 0 Å². The molecule has 2 rings (SSSR count). The highest BCUT2D eigenvalue weighted by molar-refractivity contribution is 5.23. The van der Waals surface area contributed by atoms with Crippen molar-refractivity contribution in [2.24, 2.45) is 5.73 Å². The molecule has 1 heterocycles. The van der Waals surface area contributed by atoms with E-state index in [4.69, 9.17) is 5.73 Å². The number of nitrogens with one attached hydrogen (secondary N) is 1. The van der Waals surface area contributed by atoms with Crippen LogP contribution >= 0.6 is 0 Å². The van der Waals surface area contributed by atoms with Crippen LogP contribution in [0, 0.1) is 6.92 Å². The minimum Gasteiger partial charge on any atom is -0.324 e. The van der Waals surface area contributed by atoms with Gasteiger partial charge >= 0.3 is 0 Å². The van der Waals surface area contributed by atoms with E-state index in [2.05, 4.69) is 41.4 Å². The van der Waals surface area contributed by atoms with Crippen LogP contribution in [0.25, 0.3) is 0 Å². The predicted molar refractivity (Wildman–Crippen MR) is 76.7 cm³/mol. The molecule has 1 aromatic carbocycles. The molecule has 1 unspecified atom stereocenters. The van der Waals surface area contributed by atoms with Crippen molar-refractivity contribution in [1.82, 2.24) is 10.2 Å². The van der Waals surface area contributed by atoms with Crippen LogP contribution in [0.2, 0.25) is 0 Å². The third-order valence-corrected chi connectivity index (χ3v) is 3.70. The van der Waals surface area contributed by atoms with Crippen molar-refractivity contribution >= 4 is 0 Å². The first kappa shape index (κ1) is 13.5. The van der Waals surface area contributed by atoms with E-state index in [1.165, 1.54) is 37.2 Å². The van der Waals surface area contributed by atoms with Gasteiger partial charge in [-0.25, -0.2) is 0 Å². The Kier molecular flexibility index (Phi) is 5.17. The topological polar surface area (TPSA) is 41.3 Å². The molecule has 1 aliphatic rings. The first-order chi connectivity index (χ1) is 8.75.